The van der Waals surface area contributed by atoms with Crippen LogP contribution >= 0.6 is 0 Å². The number of phenols is 1. The third-order valence-corrected chi connectivity index (χ3v) is 3.40. The Balaban J connectivity index is 2.23. The van der Waals surface area contributed by atoms with Crippen molar-refractivity contribution in [2.24, 2.45) is 0 Å². The maximum atomic E-state index is 12.4. The normalized spacial score (nSPS) is 11.6. The fourth-order valence-corrected chi connectivity index (χ4v) is 2.07. The first-order valence-corrected chi connectivity index (χ1v) is 7.19. The lowest BCUT2D eigenvalue weighted by Crippen LogP contribution is -2.09. The average Bonchev–Trinajstić information content (AvgIpc) is 2.54. The molecule has 0 bridgehead atoms. The minimum Gasteiger partial charge on any atom is -0.507 e. The van der Waals surface area contributed by atoms with Gasteiger partial charge in [0.1, 0.15) is 11.9 Å². The minimum absolute atomic E-state index is 0.144. The molecular formula is C19H18O4. The Bertz CT molecular complexity index is 747. The van der Waals surface area contributed by atoms with Crippen LogP contribution in [0.4, 0.5) is 0 Å². The maximum Gasteiger partial charge on any atom is 0.333 e. The molecule has 1 N–H and O–H groups in total. The van der Waals surface area contributed by atoms with Crippen LogP contribution in [0.2, 0.25) is 0 Å². The molecule has 0 spiro atoms. The van der Waals surface area contributed by atoms with E-state index in [4.69, 9.17) is 4.74 Å². The molecule has 0 amide bonds. The highest BCUT2D eigenvalue weighted by atomic mass is 16.5. The summed E-state index contributed by atoms with van der Waals surface area (Å²) in [5.74, 6) is -0.905. The Labute approximate surface area is 135 Å². The Hall–Kier alpha value is -2.88. The first kappa shape index (κ1) is 16.5. The summed E-state index contributed by atoms with van der Waals surface area (Å²) < 4.78 is 5.20. The van der Waals surface area contributed by atoms with Gasteiger partial charge in [0.15, 0.2) is 5.78 Å². The summed E-state index contributed by atoms with van der Waals surface area (Å²) in [5, 5.41) is 10.1. The lowest BCUT2D eigenvalue weighted by molar-refractivity contribution is -0.143. The van der Waals surface area contributed by atoms with Crippen molar-refractivity contribution in [2.45, 2.75) is 20.0 Å². The predicted molar refractivity (Wildman–Crippen MR) is 87.3 cm³/mol. The van der Waals surface area contributed by atoms with Gasteiger partial charge in [0.2, 0.25) is 0 Å². The van der Waals surface area contributed by atoms with E-state index in [-0.39, 0.29) is 17.1 Å². The van der Waals surface area contributed by atoms with Crippen molar-refractivity contribution in [1.29, 1.82) is 0 Å². The first-order chi connectivity index (χ1) is 10.9. The van der Waals surface area contributed by atoms with Crippen LogP contribution in [0.25, 0.3) is 0 Å². The van der Waals surface area contributed by atoms with E-state index >= 15 is 0 Å². The number of carbonyl (C=O) groups is 2. The molecule has 2 aromatic rings. The summed E-state index contributed by atoms with van der Waals surface area (Å²) in [5.41, 5.74) is 1.61. The van der Waals surface area contributed by atoms with E-state index in [2.05, 4.69) is 6.58 Å². The molecule has 2 rings (SSSR count). The van der Waals surface area contributed by atoms with E-state index in [0.29, 0.717) is 16.7 Å². The number of esters is 1. The van der Waals surface area contributed by atoms with Crippen LogP contribution in [0, 0.1) is 0 Å². The predicted octanol–water partition coefficient (Wildman–Crippen LogP) is 3.80. The smallest absolute Gasteiger partial charge is 0.333 e. The van der Waals surface area contributed by atoms with Crippen molar-refractivity contribution in [1.82, 2.24) is 0 Å². The monoisotopic (exact) mass is 310 g/mol. The van der Waals surface area contributed by atoms with Crippen molar-refractivity contribution in [2.75, 3.05) is 0 Å². The highest BCUT2D eigenvalue weighted by Crippen LogP contribution is 2.27. The molecule has 0 saturated heterocycles. The van der Waals surface area contributed by atoms with Crippen molar-refractivity contribution in [3.05, 3.63) is 77.4 Å². The fraction of sp³-hybridized carbons (Fsp3) is 0.158. The van der Waals surface area contributed by atoms with Crippen molar-refractivity contribution in [3.8, 4) is 5.75 Å². The van der Waals surface area contributed by atoms with Crippen molar-refractivity contribution < 1.29 is 19.4 Å². The highest BCUT2D eigenvalue weighted by Gasteiger charge is 2.17. The number of rotatable bonds is 5. The first-order valence-electron chi connectivity index (χ1n) is 7.19. The molecule has 0 heterocycles. The Morgan fingerprint density at radius 3 is 2.35 bits per heavy atom. The number of ketones is 1. The second kappa shape index (κ2) is 6.92. The Morgan fingerprint density at radius 1 is 1.13 bits per heavy atom. The summed E-state index contributed by atoms with van der Waals surface area (Å²) in [7, 11) is 0. The van der Waals surface area contributed by atoms with Crippen LogP contribution < -0.4 is 0 Å². The van der Waals surface area contributed by atoms with E-state index in [1.54, 1.807) is 44.2 Å². The van der Waals surface area contributed by atoms with Crippen molar-refractivity contribution >= 4 is 11.8 Å². The minimum atomic E-state index is -0.550. The number of ether oxygens (including phenoxy) is 1. The maximum absolute atomic E-state index is 12.4. The number of hydrogen-bond donors (Lipinski definition) is 1. The average molecular weight is 310 g/mol. The lowest BCUT2D eigenvalue weighted by Gasteiger charge is -2.15. The van der Waals surface area contributed by atoms with Crippen LogP contribution in [0.15, 0.2) is 60.7 Å². The van der Waals surface area contributed by atoms with Crippen LogP contribution in [0.5, 0.6) is 5.75 Å². The molecule has 0 aliphatic rings. The zero-order valence-corrected chi connectivity index (χ0v) is 13.1. The fourth-order valence-electron chi connectivity index (χ4n) is 2.07. The molecule has 4 heteroatoms. The van der Waals surface area contributed by atoms with E-state index in [0.717, 1.165) is 0 Å². The largest absolute Gasteiger partial charge is 0.507 e. The number of hydrogen-bond acceptors (Lipinski definition) is 4. The topological polar surface area (TPSA) is 63.6 Å². The van der Waals surface area contributed by atoms with E-state index in [1.165, 1.54) is 12.1 Å². The highest BCUT2D eigenvalue weighted by molar-refractivity contribution is 6.10. The molecule has 118 valence electrons. The number of aromatic hydroxyl groups is 1. The SMILES string of the molecule is C=C(C)C(=O)OC(C)c1ccc(C(=O)c2ccccc2)c(O)c1. The molecule has 4 nitrogen and oxygen atoms in total. The Kier molecular flexibility index (Phi) is 4.96. The van der Waals surface area contributed by atoms with Gasteiger partial charge in [-0.2, -0.15) is 0 Å². The van der Waals surface area contributed by atoms with Gasteiger partial charge in [-0.3, -0.25) is 4.79 Å². The van der Waals surface area contributed by atoms with Gasteiger partial charge in [0.25, 0.3) is 0 Å². The van der Waals surface area contributed by atoms with Gasteiger partial charge in [0.05, 0.1) is 5.56 Å². The molecule has 0 aliphatic heterocycles. The molecule has 0 aromatic heterocycles. The molecular weight excluding hydrogens is 292 g/mol. The zero-order chi connectivity index (χ0) is 17.0. The number of phenolic OH excluding ortho intramolecular Hbond substituents is 1. The van der Waals surface area contributed by atoms with Gasteiger partial charge in [0, 0.05) is 11.1 Å². The molecule has 0 radical (unpaired) electrons. The Morgan fingerprint density at radius 2 is 1.78 bits per heavy atom. The van der Waals surface area contributed by atoms with E-state index in [1.807, 2.05) is 6.07 Å². The van der Waals surface area contributed by atoms with Gasteiger partial charge in [-0.1, -0.05) is 43.0 Å². The molecule has 1 unspecified atom stereocenters. The molecule has 2 aromatic carbocycles. The summed E-state index contributed by atoms with van der Waals surface area (Å²) >= 11 is 0. The van der Waals surface area contributed by atoms with Crippen LogP contribution in [0.1, 0.15) is 41.4 Å². The third kappa shape index (κ3) is 3.86. The van der Waals surface area contributed by atoms with Crippen LogP contribution in [-0.2, 0) is 9.53 Å². The second-order valence-corrected chi connectivity index (χ2v) is 5.30. The second-order valence-electron chi connectivity index (χ2n) is 5.30. The number of carbonyl (C=O) groups excluding carboxylic acids is 2. The van der Waals surface area contributed by atoms with Gasteiger partial charge in [-0.05, 0) is 31.5 Å². The van der Waals surface area contributed by atoms with Gasteiger partial charge in [-0.25, -0.2) is 4.79 Å². The molecule has 0 aliphatic carbocycles. The molecule has 1 atom stereocenters. The summed E-state index contributed by atoms with van der Waals surface area (Å²) in [4.78, 5) is 23.9. The molecule has 0 fully saturated rings. The van der Waals surface area contributed by atoms with E-state index in [9.17, 15) is 14.7 Å². The third-order valence-electron chi connectivity index (χ3n) is 3.40. The summed E-state index contributed by atoms with van der Waals surface area (Å²) in [6, 6.07) is 13.3. The quantitative estimate of drug-likeness (QED) is 0.518. The van der Waals surface area contributed by atoms with Crippen LogP contribution in [-0.4, -0.2) is 16.9 Å². The molecule has 23 heavy (non-hydrogen) atoms. The standard InChI is InChI=1S/C19H18O4/c1-12(2)19(22)23-13(3)15-9-10-16(17(20)11-15)18(21)14-7-5-4-6-8-14/h4-11,13,20H,1H2,2-3H3. The van der Waals surface area contributed by atoms with Gasteiger partial charge >= 0.3 is 5.97 Å². The van der Waals surface area contributed by atoms with Gasteiger partial charge < -0.3 is 9.84 Å². The van der Waals surface area contributed by atoms with Crippen LogP contribution in [0.3, 0.4) is 0 Å². The zero-order valence-electron chi connectivity index (χ0n) is 13.1. The lowest BCUT2D eigenvalue weighted by atomic mass is 9.99. The van der Waals surface area contributed by atoms with Gasteiger partial charge in [-0.15, -0.1) is 0 Å². The van der Waals surface area contributed by atoms with E-state index < -0.39 is 12.1 Å². The number of benzene rings is 2. The summed E-state index contributed by atoms with van der Waals surface area (Å²) in [6.07, 6.45) is -0.550. The van der Waals surface area contributed by atoms with Crippen molar-refractivity contribution in [3.63, 3.8) is 0 Å². The summed E-state index contributed by atoms with van der Waals surface area (Å²) in [6.45, 7) is 6.77. The molecule has 0 saturated carbocycles.